The maximum Gasteiger partial charge on any atom is 0.393 e. The summed E-state index contributed by atoms with van der Waals surface area (Å²) in [6, 6.07) is 2.22. The van der Waals surface area contributed by atoms with Crippen LogP contribution >= 0.6 is 0 Å². The van der Waals surface area contributed by atoms with E-state index in [0.717, 1.165) is 0 Å². The molecule has 2 N–H and O–H groups in total. The summed E-state index contributed by atoms with van der Waals surface area (Å²) in [7, 11) is 0. The SMILES string of the molecule is O=C(NN=Cc1ccco1)N[N+](=O)[O-]. The summed E-state index contributed by atoms with van der Waals surface area (Å²) in [4.78, 5) is 20.3. The number of hydrazine groups is 1. The Morgan fingerprint density at radius 1 is 1.71 bits per heavy atom. The molecule has 1 rings (SSSR count). The zero-order valence-corrected chi connectivity index (χ0v) is 6.84. The second kappa shape index (κ2) is 4.60. The van der Waals surface area contributed by atoms with Crippen molar-refractivity contribution in [1.29, 1.82) is 0 Å². The smallest absolute Gasteiger partial charge is 0.393 e. The maximum absolute atomic E-state index is 10.6. The van der Waals surface area contributed by atoms with E-state index in [9.17, 15) is 14.9 Å². The van der Waals surface area contributed by atoms with E-state index in [1.165, 1.54) is 17.9 Å². The van der Waals surface area contributed by atoms with Crippen molar-refractivity contribution in [2.45, 2.75) is 0 Å². The van der Waals surface area contributed by atoms with Gasteiger partial charge in [0.2, 0.25) is 0 Å². The second-order valence-corrected chi connectivity index (χ2v) is 2.08. The summed E-state index contributed by atoms with van der Waals surface area (Å²) >= 11 is 0. The first-order valence-corrected chi connectivity index (χ1v) is 3.46. The van der Waals surface area contributed by atoms with Crippen LogP contribution in [0.2, 0.25) is 0 Å². The largest absolute Gasteiger partial charge is 0.463 e. The van der Waals surface area contributed by atoms with Crippen LogP contribution in [0.4, 0.5) is 4.79 Å². The van der Waals surface area contributed by atoms with Crippen molar-refractivity contribution in [3.63, 3.8) is 0 Å². The van der Waals surface area contributed by atoms with Crippen LogP contribution in [0.15, 0.2) is 27.9 Å². The van der Waals surface area contributed by atoms with Crippen LogP contribution in [0.3, 0.4) is 0 Å². The average Bonchev–Trinajstić information content (AvgIpc) is 2.55. The number of nitro groups is 1. The van der Waals surface area contributed by atoms with Gasteiger partial charge >= 0.3 is 6.03 Å². The van der Waals surface area contributed by atoms with Gasteiger partial charge in [-0.1, -0.05) is 0 Å². The van der Waals surface area contributed by atoms with Crippen LogP contribution in [0.5, 0.6) is 0 Å². The summed E-state index contributed by atoms with van der Waals surface area (Å²) in [6.45, 7) is 0. The molecule has 0 aromatic carbocycles. The average molecular weight is 198 g/mol. The molecule has 8 nitrogen and oxygen atoms in total. The highest BCUT2D eigenvalue weighted by Gasteiger charge is 2.03. The molecule has 0 saturated heterocycles. The number of hydrogen-bond donors (Lipinski definition) is 2. The highest BCUT2D eigenvalue weighted by Crippen LogP contribution is 1.94. The molecule has 1 heterocycles. The fourth-order valence-electron chi connectivity index (χ4n) is 0.627. The minimum Gasteiger partial charge on any atom is -0.463 e. The lowest BCUT2D eigenvalue weighted by atomic mass is 10.5. The van der Waals surface area contributed by atoms with Gasteiger partial charge in [-0.15, -0.1) is 0 Å². The standard InChI is InChI=1S/C6H6N4O4/c11-6(9-10(12)13)8-7-4-5-2-1-3-14-5/h1-4H,(H2,8,9,11). The molecule has 0 saturated carbocycles. The lowest BCUT2D eigenvalue weighted by molar-refractivity contribution is -0.527. The molecular weight excluding hydrogens is 192 g/mol. The fourth-order valence-corrected chi connectivity index (χ4v) is 0.627. The lowest BCUT2D eigenvalue weighted by Crippen LogP contribution is -2.36. The summed E-state index contributed by atoms with van der Waals surface area (Å²) in [6.07, 6.45) is 2.64. The molecule has 0 aliphatic carbocycles. The van der Waals surface area contributed by atoms with Crippen molar-refractivity contribution < 1.29 is 14.2 Å². The number of urea groups is 1. The molecule has 0 radical (unpaired) electrons. The molecule has 14 heavy (non-hydrogen) atoms. The molecule has 1 aromatic rings. The highest BCUT2D eigenvalue weighted by atomic mass is 16.7. The van der Waals surface area contributed by atoms with Crippen molar-refractivity contribution >= 4 is 12.2 Å². The van der Waals surface area contributed by atoms with Gasteiger partial charge in [-0.05, 0) is 17.6 Å². The molecule has 0 aliphatic rings. The number of amides is 2. The molecule has 0 atom stereocenters. The molecule has 1 aromatic heterocycles. The van der Waals surface area contributed by atoms with Crippen molar-refractivity contribution in [1.82, 2.24) is 10.9 Å². The lowest BCUT2D eigenvalue weighted by Gasteiger charge is -1.92. The summed E-state index contributed by atoms with van der Waals surface area (Å²) in [5.41, 5.74) is 3.22. The molecule has 74 valence electrons. The number of nitrogens with one attached hydrogen (secondary N) is 2. The van der Waals surface area contributed by atoms with Gasteiger partial charge in [-0.25, -0.2) is 20.3 Å². The fraction of sp³-hybridized carbons (Fsp3) is 0. The number of nitrogens with zero attached hydrogens (tertiary/aromatic N) is 2. The highest BCUT2D eigenvalue weighted by molar-refractivity contribution is 5.78. The van der Waals surface area contributed by atoms with Crippen LogP contribution in [-0.2, 0) is 0 Å². The van der Waals surface area contributed by atoms with Crippen molar-refractivity contribution in [3.8, 4) is 0 Å². The predicted molar refractivity (Wildman–Crippen MR) is 45.0 cm³/mol. The molecule has 2 amide bonds. The zero-order chi connectivity index (χ0) is 10.4. The first-order chi connectivity index (χ1) is 6.68. The Morgan fingerprint density at radius 2 is 2.50 bits per heavy atom. The van der Waals surface area contributed by atoms with Crippen LogP contribution in [0.25, 0.3) is 0 Å². The van der Waals surface area contributed by atoms with Gasteiger partial charge in [0.15, 0.2) is 5.03 Å². The third-order valence-corrected chi connectivity index (χ3v) is 1.09. The van der Waals surface area contributed by atoms with Gasteiger partial charge in [0.05, 0.1) is 12.5 Å². The number of rotatable bonds is 3. The monoisotopic (exact) mass is 198 g/mol. The number of furan rings is 1. The zero-order valence-electron chi connectivity index (χ0n) is 6.84. The minimum absolute atomic E-state index is 0.423. The minimum atomic E-state index is -1.03. The third kappa shape index (κ3) is 3.34. The van der Waals surface area contributed by atoms with E-state index in [0.29, 0.717) is 5.76 Å². The number of carbonyl (C=O) groups is 1. The number of hydrogen-bond acceptors (Lipinski definition) is 5. The third-order valence-electron chi connectivity index (χ3n) is 1.09. The van der Waals surface area contributed by atoms with Crippen LogP contribution in [-0.4, -0.2) is 17.3 Å². The summed E-state index contributed by atoms with van der Waals surface area (Å²) < 4.78 is 4.84. The van der Waals surface area contributed by atoms with Crippen molar-refractivity contribution in [2.24, 2.45) is 5.10 Å². The molecular formula is C6H6N4O4. The van der Waals surface area contributed by atoms with E-state index in [4.69, 9.17) is 4.42 Å². The first-order valence-electron chi connectivity index (χ1n) is 3.46. The Kier molecular flexibility index (Phi) is 3.19. The molecule has 0 bridgehead atoms. The Hall–Kier alpha value is -2.38. The summed E-state index contributed by atoms with van der Waals surface area (Å²) in [5, 5.41) is 12.2. The van der Waals surface area contributed by atoms with E-state index < -0.39 is 11.1 Å². The van der Waals surface area contributed by atoms with E-state index in [2.05, 4.69) is 5.10 Å². The van der Waals surface area contributed by atoms with E-state index >= 15 is 0 Å². The predicted octanol–water partition coefficient (Wildman–Crippen LogP) is 0.104. The number of carbonyl (C=O) groups excluding carboxylic acids is 1. The normalized spacial score (nSPS) is 10.0. The van der Waals surface area contributed by atoms with E-state index in [1.54, 1.807) is 12.1 Å². The maximum atomic E-state index is 10.6. The van der Waals surface area contributed by atoms with Gasteiger partial charge in [0, 0.05) is 0 Å². The molecule has 0 spiro atoms. The van der Waals surface area contributed by atoms with Gasteiger partial charge in [0.25, 0.3) is 0 Å². The van der Waals surface area contributed by atoms with E-state index in [-0.39, 0.29) is 0 Å². The van der Waals surface area contributed by atoms with Gasteiger partial charge < -0.3 is 4.42 Å². The van der Waals surface area contributed by atoms with Gasteiger partial charge in [-0.3, -0.25) is 0 Å². The molecule has 0 aliphatic heterocycles. The second-order valence-electron chi connectivity index (χ2n) is 2.08. The van der Waals surface area contributed by atoms with Crippen molar-refractivity contribution in [3.05, 3.63) is 34.3 Å². The van der Waals surface area contributed by atoms with Gasteiger partial charge in [-0.2, -0.15) is 5.10 Å². The Labute approximate surface area is 77.7 Å². The van der Waals surface area contributed by atoms with Crippen LogP contribution in [0.1, 0.15) is 5.76 Å². The molecule has 0 fully saturated rings. The van der Waals surface area contributed by atoms with Crippen LogP contribution < -0.4 is 10.9 Å². The first kappa shape index (κ1) is 9.71. The Morgan fingerprint density at radius 3 is 3.07 bits per heavy atom. The van der Waals surface area contributed by atoms with Gasteiger partial charge in [0.1, 0.15) is 5.76 Å². The Balaban J connectivity index is 2.33. The quantitative estimate of drug-likeness (QED) is 0.407. The Bertz CT molecular complexity index is 345. The van der Waals surface area contributed by atoms with Crippen LogP contribution in [0, 0.1) is 10.1 Å². The summed E-state index contributed by atoms with van der Waals surface area (Å²) in [5.74, 6) is 0.423. The molecule has 0 unspecified atom stereocenters. The topological polar surface area (TPSA) is 110 Å². The van der Waals surface area contributed by atoms with Crippen molar-refractivity contribution in [2.75, 3.05) is 0 Å². The number of hydrazone groups is 1. The van der Waals surface area contributed by atoms with E-state index in [1.807, 2.05) is 5.43 Å². The molecule has 8 heteroatoms.